The molecular weight excluding hydrogens is 280 g/mol. The van der Waals surface area contributed by atoms with Gasteiger partial charge in [-0.1, -0.05) is 6.07 Å². The number of hydrazine groups is 1. The van der Waals surface area contributed by atoms with Crippen LogP contribution in [0.15, 0.2) is 34.1 Å². The summed E-state index contributed by atoms with van der Waals surface area (Å²) in [6.45, 7) is -0.180. The first-order valence-corrected chi connectivity index (χ1v) is 5.81. The van der Waals surface area contributed by atoms with Crippen molar-refractivity contribution in [1.82, 2.24) is 14.1 Å². The van der Waals surface area contributed by atoms with Crippen LogP contribution in [0.25, 0.3) is 0 Å². The summed E-state index contributed by atoms with van der Waals surface area (Å²) >= 11 is 0. The van der Waals surface area contributed by atoms with Crippen molar-refractivity contribution in [3.8, 4) is 0 Å². The first kappa shape index (κ1) is 14.4. The van der Waals surface area contributed by atoms with Gasteiger partial charge in [0.2, 0.25) is 0 Å². The number of anilines is 1. The zero-order valence-corrected chi connectivity index (χ0v) is 11.0. The van der Waals surface area contributed by atoms with Crippen LogP contribution in [0, 0.1) is 10.1 Å². The van der Waals surface area contributed by atoms with E-state index in [2.05, 4.69) is 10.4 Å². The van der Waals surface area contributed by atoms with Gasteiger partial charge in [-0.05, 0) is 6.07 Å². The maximum absolute atomic E-state index is 12.0. The number of aromatic nitrogens is 3. The Labute approximate surface area is 117 Å². The predicted octanol–water partition coefficient (Wildman–Crippen LogP) is -0.816. The minimum Gasteiger partial charge on any atom is -0.308 e. The Bertz CT molecular complexity index is 809. The summed E-state index contributed by atoms with van der Waals surface area (Å²) in [5, 5.41) is 10.8. The first-order valence-electron chi connectivity index (χ1n) is 5.81. The second-order valence-electron chi connectivity index (χ2n) is 4.21. The highest BCUT2D eigenvalue weighted by Gasteiger charge is 2.19. The standard InChI is InChI=1S/C11H12N6O4/c1-15-6-8(17(20)21)10(18)16(11(15)19)5-7-3-2-4-13-9(7)14-12/h2-4,6H,5,12H2,1H3,(H,13,14). The number of hydrogen-bond donors (Lipinski definition) is 2. The molecule has 0 atom stereocenters. The molecule has 2 aromatic rings. The van der Waals surface area contributed by atoms with E-state index >= 15 is 0 Å². The van der Waals surface area contributed by atoms with Gasteiger partial charge in [0.15, 0.2) is 0 Å². The van der Waals surface area contributed by atoms with Crippen molar-refractivity contribution in [2.24, 2.45) is 12.9 Å². The number of nitrogens with two attached hydrogens (primary N) is 1. The average Bonchev–Trinajstić information content (AvgIpc) is 2.47. The monoisotopic (exact) mass is 292 g/mol. The van der Waals surface area contributed by atoms with Gasteiger partial charge in [-0.2, -0.15) is 0 Å². The van der Waals surface area contributed by atoms with Crippen molar-refractivity contribution in [3.63, 3.8) is 0 Å². The second-order valence-corrected chi connectivity index (χ2v) is 4.21. The lowest BCUT2D eigenvalue weighted by Gasteiger charge is -2.10. The Morgan fingerprint density at radius 3 is 2.81 bits per heavy atom. The van der Waals surface area contributed by atoms with Crippen LogP contribution >= 0.6 is 0 Å². The van der Waals surface area contributed by atoms with E-state index in [1.54, 1.807) is 12.1 Å². The van der Waals surface area contributed by atoms with Crippen LogP contribution in [-0.2, 0) is 13.6 Å². The molecule has 2 aromatic heterocycles. The molecule has 0 aromatic carbocycles. The summed E-state index contributed by atoms with van der Waals surface area (Å²) in [6.07, 6.45) is 2.37. The molecule has 0 unspecified atom stereocenters. The summed E-state index contributed by atoms with van der Waals surface area (Å²) in [5.41, 5.74) is 0.472. The van der Waals surface area contributed by atoms with Gasteiger partial charge in [0.1, 0.15) is 5.82 Å². The molecule has 0 aliphatic carbocycles. The van der Waals surface area contributed by atoms with Gasteiger partial charge in [-0.3, -0.25) is 19.5 Å². The predicted molar refractivity (Wildman–Crippen MR) is 73.7 cm³/mol. The number of nitro groups is 1. The van der Waals surface area contributed by atoms with Crippen molar-refractivity contribution in [3.05, 3.63) is 61.0 Å². The molecule has 110 valence electrons. The van der Waals surface area contributed by atoms with Gasteiger partial charge in [0.05, 0.1) is 17.7 Å². The Hall–Kier alpha value is -3.01. The highest BCUT2D eigenvalue weighted by atomic mass is 16.6. The van der Waals surface area contributed by atoms with Crippen molar-refractivity contribution < 1.29 is 4.92 Å². The second kappa shape index (κ2) is 5.54. The van der Waals surface area contributed by atoms with Crippen LogP contribution < -0.4 is 22.5 Å². The molecule has 2 heterocycles. The van der Waals surface area contributed by atoms with Crippen molar-refractivity contribution in [1.29, 1.82) is 0 Å². The number of aryl methyl sites for hydroxylation is 1. The molecule has 0 saturated heterocycles. The molecule has 0 spiro atoms. The van der Waals surface area contributed by atoms with Gasteiger partial charge in [0, 0.05) is 18.8 Å². The third-order valence-corrected chi connectivity index (χ3v) is 2.87. The summed E-state index contributed by atoms with van der Waals surface area (Å²) in [6, 6.07) is 3.20. The van der Waals surface area contributed by atoms with Crippen LogP contribution in [0.4, 0.5) is 11.5 Å². The van der Waals surface area contributed by atoms with Crippen LogP contribution in [0.3, 0.4) is 0 Å². The first-order chi connectivity index (χ1) is 9.95. The lowest BCUT2D eigenvalue weighted by Crippen LogP contribution is -2.40. The molecule has 0 radical (unpaired) electrons. The normalized spacial score (nSPS) is 10.4. The molecule has 0 saturated carbocycles. The van der Waals surface area contributed by atoms with Crippen molar-refractivity contribution >= 4 is 11.5 Å². The minimum atomic E-state index is -0.977. The minimum absolute atomic E-state index is 0.180. The van der Waals surface area contributed by atoms with Crippen molar-refractivity contribution in [2.45, 2.75) is 6.54 Å². The van der Waals surface area contributed by atoms with Crippen LogP contribution in [0.2, 0.25) is 0 Å². The van der Waals surface area contributed by atoms with Gasteiger partial charge < -0.3 is 5.43 Å². The molecule has 0 aliphatic rings. The SMILES string of the molecule is Cn1cc([N+](=O)[O-])c(=O)n(Cc2cccnc2NN)c1=O. The number of rotatable bonds is 4. The van der Waals surface area contributed by atoms with E-state index in [0.29, 0.717) is 5.56 Å². The molecule has 3 N–H and O–H groups in total. The number of hydrogen-bond acceptors (Lipinski definition) is 7. The highest BCUT2D eigenvalue weighted by Crippen LogP contribution is 2.10. The fourth-order valence-corrected chi connectivity index (χ4v) is 1.84. The molecule has 0 amide bonds. The van der Waals surface area contributed by atoms with Gasteiger partial charge in [0.25, 0.3) is 0 Å². The lowest BCUT2D eigenvalue weighted by molar-refractivity contribution is -0.387. The lowest BCUT2D eigenvalue weighted by atomic mass is 10.2. The molecule has 21 heavy (non-hydrogen) atoms. The Morgan fingerprint density at radius 1 is 1.48 bits per heavy atom. The Kier molecular flexibility index (Phi) is 3.80. The average molecular weight is 292 g/mol. The van der Waals surface area contributed by atoms with E-state index in [1.165, 1.54) is 13.2 Å². The number of nitrogen functional groups attached to an aromatic ring is 1. The van der Waals surface area contributed by atoms with E-state index in [0.717, 1.165) is 15.3 Å². The Balaban J connectivity index is 2.62. The third-order valence-electron chi connectivity index (χ3n) is 2.87. The summed E-state index contributed by atoms with van der Waals surface area (Å²) in [5.74, 6) is 5.57. The smallest absolute Gasteiger partial charge is 0.308 e. The Morgan fingerprint density at radius 2 is 2.19 bits per heavy atom. The number of pyridine rings is 1. The molecule has 10 nitrogen and oxygen atoms in total. The van der Waals surface area contributed by atoms with E-state index in [-0.39, 0.29) is 12.4 Å². The molecule has 10 heteroatoms. The maximum atomic E-state index is 12.0. The largest absolute Gasteiger partial charge is 0.350 e. The molecule has 0 bridgehead atoms. The number of nitrogens with one attached hydrogen (secondary N) is 1. The summed E-state index contributed by atoms with van der Waals surface area (Å²) in [4.78, 5) is 38.0. The van der Waals surface area contributed by atoms with Crippen LogP contribution in [-0.4, -0.2) is 19.0 Å². The van der Waals surface area contributed by atoms with Crippen molar-refractivity contribution in [2.75, 3.05) is 5.43 Å². The third kappa shape index (κ3) is 2.65. The molecule has 0 fully saturated rings. The van der Waals surface area contributed by atoms with Gasteiger partial charge in [-0.15, -0.1) is 0 Å². The maximum Gasteiger partial charge on any atom is 0.350 e. The fraction of sp³-hybridized carbons (Fsp3) is 0.182. The molecule has 0 aliphatic heterocycles. The summed E-state index contributed by atoms with van der Waals surface area (Å²) in [7, 11) is 1.33. The van der Waals surface area contributed by atoms with E-state index in [9.17, 15) is 19.7 Å². The van der Waals surface area contributed by atoms with E-state index in [1.807, 2.05) is 0 Å². The van der Waals surface area contributed by atoms with E-state index in [4.69, 9.17) is 5.84 Å². The molecular formula is C11H12N6O4. The highest BCUT2D eigenvalue weighted by molar-refractivity contribution is 5.42. The topological polar surface area (TPSA) is 138 Å². The fourth-order valence-electron chi connectivity index (χ4n) is 1.84. The van der Waals surface area contributed by atoms with Gasteiger partial charge in [-0.25, -0.2) is 20.2 Å². The quantitative estimate of drug-likeness (QED) is 0.426. The zero-order chi connectivity index (χ0) is 15.6. The summed E-state index contributed by atoms with van der Waals surface area (Å²) < 4.78 is 1.74. The molecule has 2 rings (SSSR count). The number of nitrogens with zero attached hydrogens (tertiary/aromatic N) is 4. The van der Waals surface area contributed by atoms with E-state index < -0.39 is 21.9 Å². The van der Waals surface area contributed by atoms with Crippen LogP contribution in [0.5, 0.6) is 0 Å². The van der Waals surface area contributed by atoms with Crippen LogP contribution in [0.1, 0.15) is 5.56 Å². The zero-order valence-electron chi connectivity index (χ0n) is 11.0. The van der Waals surface area contributed by atoms with Gasteiger partial charge >= 0.3 is 16.9 Å².